The molecule has 0 heterocycles. The average molecular weight is 265 g/mol. The van der Waals surface area contributed by atoms with Crippen molar-refractivity contribution >= 4 is 6.09 Å². The molecule has 0 aromatic heterocycles. The molecule has 0 fully saturated rings. The molecule has 1 N–H and O–H groups in total. The largest absolute Gasteiger partial charge is 0.444 e. The number of carbonyl (C=O) groups is 1. The average Bonchev–Trinajstić information content (AvgIpc) is 2.27. The maximum absolute atomic E-state index is 11.8. The Morgan fingerprint density at radius 1 is 1.32 bits per heavy atom. The van der Waals surface area contributed by atoms with Crippen molar-refractivity contribution in [2.75, 3.05) is 7.05 Å². The molecule has 19 heavy (non-hydrogen) atoms. The summed E-state index contributed by atoms with van der Waals surface area (Å²) in [5, 5.41) is 9.43. The smallest absolute Gasteiger partial charge is 0.410 e. The third-order valence-corrected chi connectivity index (χ3v) is 2.59. The fourth-order valence-electron chi connectivity index (χ4n) is 1.58. The third kappa shape index (κ3) is 5.30. The van der Waals surface area contributed by atoms with Gasteiger partial charge in [0.05, 0.1) is 6.10 Å². The van der Waals surface area contributed by atoms with E-state index in [2.05, 4.69) is 0 Å². The van der Waals surface area contributed by atoms with Crippen molar-refractivity contribution in [3.63, 3.8) is 0 Å². The SMILES string of the molecule is CC(O)c1ccc(CN(C)C(=O)OC(C)(C)C)cc1. The highest BCUT2D eigenvalue weighted by Crippen LogP contribution is 2.15. The van der Waals surface area contributed by atoms with Gasteiger partial charge in [-0.1, -0.05) is 24.3 Å². The lowest BCUT2D eigenvalue weighted by Crippen LogP contribution is -2.33. The molecule has 1 aromatic rings. The molecule has 1 unspecified atom stereocenters. The number of hydrogen-bond donors (Lipinski definition) is 1. The topological polar surface area (TPSA) is 49.8 Å². The molecular formula is C15H23NO3. The highest BCUT2D eigenvalue weighted by molar-refractivity contribution is 5.67. The van der Waals surface area contributed by atoms with Crippen LogP contribution in [0.25, 0.3) is 0 Å². The predicted octanol–water partition coefficient (Wildman–Crippen LogP) is 3.11. The van der Waals surface area contributed by atoms with Crippen molar-refractivity contribution in [2.45, 2.75) is 45.9 Å². The number of nitrogens with zero attached hydrogens (tertiary/aromatic N) is 1. The van der Waals surface area contributed by atoms with Crippen molar-refractivity contribution in [3.05, 3.63) is 35.4 Å². The van der Waals surface area contributed by atoms with Gasteiger partial charge in [0.15, 0.2) is 0 Å². The van der Waals surface area contributed by atoms with E-state index in [1.807, 2.05) is 45.0 Å². The van der Waals surface area contributed by atoms with Gasteiger partial charge in [-0.15, -0.1) is 0 Å². The van der Waals surface area contributed by atoms with Gasteiger partial charge in [0.1, 0.15) is 5.60 Å². The number of aliphatic hydroxyl groups excluding tert-OH is 1. The summed E-state index contributed by atoms with van der Waals surface area (Å²) >= 11 is 0. The van der Waals surface area contributed by atoms with Gasteiger partial charge in [0.2, 0.25) is 0 Å². The summed E-state index contributed by atoms with van der Waals surface area (Å²) in [5.74, 6) is 0. The van der Waals surface area contributed by atoms with Crippen LogP contribution in [0.4, 0.5) is 4.79 Å². The molecule has 0 aliphatic rings. The second kappa shape index (κ2) is 6.06. The minimum Gasteiger partial charge on any atom is -0.444 e. The van der Waals surface area contributed by atoms with Crippen molar-refractivity contribution in [1.82, 2.24) is 4.90 Å². The Morgan fingerprint density at radius 2 is 1.84 bits per heavy atom. The van der Waals surface area contributed by atoms with Gasteiger partial charge < -0.3 is 14.7 Å². The Labute approximate surface area is 115 Å². The van der Waals surface area contributed by atoms with Gasteiger partial charge in [-0.3, -0.25) is 0 Å². The van der Waals surface area contributed by atoms with Crippen molar-refractivity contribution in [1.29, 1.82) is 0 Å². The van der Waals surface area contributed by atoms with E-state index >= 15 is 0 Å². The van der Waals surface area contributed by atoms with Crippen LogP contribution in [0, 0.1) is 0 Å². The van der Waals surface area contributed by atoms with Gasteiger partial charge in [-0.25, -0.2) is 4.79 Å². The monoisotopic (exact) mass is 265 g/mol. The number of carbonyl (C=O) groups excluding carboxylic acids is 1. The Balaban J connectivity index is 2.61. The van der Waals surface area contributed by atoms with Crippen LogP contribution in [0.5, 0.6) is 0 Å². The Bertz CT molecular complexity index is 418. The summed E-state index contributed by atoms with van der Waals surface area (Å²) < 4.78 is 5.28. The molecule has 4 heteroatoms. The molecule has 1 atom stereocenters. The van der Waals surface area contributed by atoms with E-state index in [1.54, 1.807) is 14.0 Å². The zero-order valence-corrected chi connectivity index (χ0v) is 12.3. The number of aliphatic hydroxyl groups is 1. The summed E-state index contributed by atoms with van der Waals surface area (Å²) in [7, 11) is 1.71. The molecule has 1 amide bonds. The highest BCUT2D eigenvalue weighted by Gasteiger charge is 2.19. The van der Waals surface area contributed by atoms with E-state index in [9.17, 15) is 9.90 Å². The highest BCUT2D eigenvalue weighted by atomic mass is 16.6. The molecule has 0 aliphatic heterocycles. The summed E-state index contributed by atoms with van der Waals surface area (Å²) in [5.41, 5.74) is 1.38. The molecule has 0 spiro atoms. The fraction of sp³-hybridized carbons (Fsp3) is 0.533. The van der Waals surface area contributed by atoms with E-state index in [0.29, 0.717) is 6.54 Å². The predicted molar refractivity (Wildman–Crippen MR) is 74.8 cm³/mol. The van der Waals surface area contributed by atoms with Gasteiger partial charge in [0, 0.05) is 13.6 Å². The van der Waals surface area contributed by atoms with Crippen LogP contribution in [-0.2, 0) is 11.3 Å². The quantitative estimate of drug-likeness (QED) is 0.913. The summed E-state index contributed by atoms with van der Waals surface area (Å²) in [6.07, 6.45) is -0.815. The second-order valence-corrected chi connectivity index (χ2v) is 5.75. The first-order valence-electron chi connectivity index (χ1n) is 6.40. The maximum atomic E-state index is 11.8. The van der Waals surface area contributed by atoms with Gasteiger partial charge in [-0.2, -0.15) is 0 Å². The zero-order chi connectivity index (χ0) is 14.6. The normalized spacial score (nSPS) is 12.9. The lowest BCUT2D eigenvalue weighted by atomic mass is 10.1. The van der Waals surface area contributed by atoms with Crippen molar-refractivity contribution in [3.8, 4) is 0 Å². The Kier molecular flexibility index (Phi) is 4.95. The van der Waals surface area contributed by atoms with Crippen LogP contribution in [0.15, 0.2) is 24.3 Å². The summed E-state index contributed by atoms with van der Waals surface area (Å²) in [6, 6.07) is 7.54. The molecule has 106 valence electrons. The Hall–Kier alpha value is -1.55. The van der Waals surface area contributed by atoms with Gasteiger partial charge in [0.25, 0.3) is 0 Å². The van der Waals surface area contributed by atoms with Crippen molar-refractivity contribution < 1.29 is 14.6 Å². The van der Waals surface area contributed by atoms with Crippen LogP contribution < -0.4 is 0 Å². The molecule has 0 radical (unpaired) electrons. The van der Waals surface area contributed by atoms with E-state index in [-0.39, 0.29) is 6.09 Å². The first kappa shape index (κ1) is 15.5. The van der Waals surface area contributed by atoms with E-state index in [1.165, 1.54) is 4.90 Å². The lowest BCUT2D eigenvalue weighted by Gasteiger charge is -2.24. The number of hydrogen-bond acceptors (Lipinski definition) is 3. The molecule has 4 nitrogen and oxygen atoms in total. The minimum absolute atomic E-state index is 0.341. The van der Waals surface area contributed by atoms with Crippen LogP contribution in [0.3, 0.4) is 0 Å². The van der Waals surface area contributed by atoms with Crippen LogP contribution in [-0.4, -0.2) is 28.7 Å². The van der Waals surface area contributed by atoms with Crippen LogP contribution in [0.1, 0.15) is 44.9 Å². The molecule has 0 bridgehead atoms. The van der Waals surface area contributed by atoms with Gasteiger partial charge in [-0.05, 0) is 38.8 Å². The van der Waals surface area contributed by atoms with E-state index in [4.69, 9.17) is 4.74 Å². The zero-order valence-electron chi connectivity index (χ0n) is 12.3. The van der Waals surface area contributed by atoms with E-state index < -0.39 is 11.7 Å². The van der Waals surface area contributed by atoms with E-state index in [0.717, 1.165) is 11.1 Å². The van der Waals surface area contributed by atoms with Gasteiger partial charge >= 0.3 is 6.09 Å². The van der Waals surface area contributed by atoms with Crippen molar-refractivity contribution in [2.24, 2.45) is 0 Å². The van der Waals surface area contributed by atoms with Crippen LogP contribution in [0.2, 0.25) is 0 Å². The summed E-state index contributed by atoms with van der Waals surface area (Å²) in [4.78, 5) is 13.3. The molecule has 1 aromatic carbocycles. The maximum Gasteiger partial charge on any atom is 0.410 e. The number of ether oxygens (including phenoxy) is 1. The molecule has 1 rings (SSSR count). The standard InChI is InChI=1S/C15H23NO3/c1-11(17)13-8-6-12(7-9-13)10-16(5)14(18)19-15(2,3)4/h6-9,11,17H,10H2,1-5H3. The number of benzene rings is 1. The fourth-order valence-corrected chi connectivity index (χ4v) is 1.58. The molecule has 0 saturated carbocycles. The molecule has 0 saturated heterocycles. The van der Waals surface area contributed by atoms with Crippen LogP contribution >= 0.6 is 0 Å². The Morgan fingerprint density at radius 3 is 2.26 bits per heavy atom. The third-order valence-electron chi connectivity index (χ3n) is 2.59. The first-order valence-corrected chi connectivity index (χ1v) is 6.40. The number of rotatable bonds is 3. The molecular weight excluding hydrogens is 242 g/mol. The lowest BCUT2D eigenvalue weighted by molar-refractivity contribution is 0.0285. The second-order valence-electron chi connectivity index (χ2n) is 5.75. The first-order chi connectivity index (χ1) is 8.69. The summed E-state index contributed by atoms with van der Waals surface area (Å²) in [6.45, 7) is 7.74. The minimum atomic E-state index is -0.485. The molecule has 0 aliphatic carbocycles. The number of amides is 1.